The summed E-state index contributed by atoms with van der Waals surface area (Å²) in [6, 6.07) is 12.3. The number of pyridine rings is 1. The Kier molecular flexibility index (Phi) is 7.78. The normalized spacial score (nSPS) is 17.5. The summed E-state index contributed by atoms with van der Waals surface area (Å²) in [4.78, 5) is 28.0. The summed E-state index contributed by atoms with van der Waals surface area (Å²) >= 11 is 0. The number of piperazine rings is 1. The molecule has 0 unspecified atom stereocenters. The van der Waals surface area contributed by atoms with Crippen LogP contribution in [0.2, 0.25) is 0 Å². The van der Waals surface area contributed by atoms with Gasteiger partial charge in [0.25, 0.3) is 0 Å². The van der Waals surface area contributed by atoms with Gasteiger partial charge in [0, 0.05) is 69.7 Å². The molecule has 176 valence electrons. The lowest BCUT2D eigenvalue weighted by Gasteiger charge is -2.34. The molecule has 0 atom stereocenters. The van der Waals surface area contributed by atoms with E-state index in [1.165, 1.54) is 5.56 Å². The second-order valence-corrected chi connectivity index (χ2v) is 8.64. The van der Waals surface area contributed by atoms with Crippen molar-refractivity contribution in [1.82, 2.24) is 20.5 Å². The number of rotatable bonds is 7. The Morgan fingerprint density at radius 2 is 1.85 bits per heavy atom. The van der Waals surface area contributed by atoms with Gasteiger partial charge in [0.1, 0.15) is 5.82 Å². The van der Waals surface area contributed by atoms with E-state index in [1.54, 1.807) is 0 Å². The summed E-state index contributed by atoms with van der Waals surface area (Å²) in [6.45, 7) is 9.01. The average Bonchev–Trinajstić information content (AvgIpc) is 3.28. The van der Waals surface area contributed by atoms with Gasteiger partial charge < -0.3 is 25.3 Å². The van der Waals surface area contributed by atoms with Crippen molar-refractivity contribution in [3.05, 3.63) is 53.7 Å². The Labute approximate surface area is 196 Å². The van der Waals surface area contributed by atoms with Crippen molar-refractivity contribution in [2.75, 3.05) is 56.1 Å². The highest BCUT2D eigenvalue weighted by Crippen LogP contribution is 2.22. The molecule has 2 aliphatic rings. The highest BCUT2D eigenvalue weighted by Gasteiger charge is 2.21. The van der Waals surface area contributed by atoms with Gasteiger partial charge in [-0.15, -0.1) is 0 Å². The molecule has 0 saturated carbocycles. The lowest BCUT2D eigenvalue weighted by atomic mass is 10.2. The zero-order chi connectivity index (χ0) is 23.0. The van der Waals surface area contributed by atoms with Gasteiger partial charge in [-0.05, 0) is 44.2 Å². The van der Waals surface area contributed by atoms with E-state index in [2.05, 4.69) is 57.6 Å². The Bertz CT molecular complexity index is 951. The molecule has 0 aliphatic carbocycles. The van der Waals surface area contributed by atoms with Gasteiger partial charge in [-0.2, -0.15) is 0 Å². The third-order valence-corrected chi connectivity index (χ3v) is 6.20. The summed E-state index contributed by atoms with van der Waals surface area (Å²) in [5, 5.41) is 6.80. The largest absolute Gasteiger partial charge is 0.357 e. The number of guanidine groups is 1. The molecule has 8 heteroatoms. The van der Waals surface area contributed by atoms with E-state index in [9.17, 15) is 4.79 Å². The first kappa shape index (κ1) is 23.0. The first-order valence-corrected chi connectivity index (χ1v) is 11.9. The molecule has 2 N–H and O–H groups in total. The highest BCUT2D eigenvalue weighted by molar-refractivity contribution is 5.95. The Morgan fingerprint density at radius 3 is 2.55 bits per heavy atom. The lowest BCUT2D eigenvalue weighted by Crippen LogP contribution is -2.45. The minimum Gasteiger partial charge on any atom is -0.357 e. The fourth-order valence-electron chi connectivity index (χ4n) is 4.26. The van der Waals surface area contributed by atoms with E-state index >= 15 is 0 Å². The summed E-state index contributed by atoms with van der Waals surface area (Å²) < 4.78 is 0. The van der Waals surface area contributed by atoms with Crippen molar-refractivity contribution in [2.45, 2.75) is 32.9 Å². The summed E-state index contributed by atoms with van der Waals surface area (Å²) in [5.41, 5.74) is 3.26. The fraction of sp³-hybridized carbons (Fsp3) is 0.480. The standard InChI is InChI=1S/C25H35N7O/c1-3-26-25(28-18-20-8-10-22(11-9-20)32-13-5-7-23(32)33)29-19-21-6-4-12-27-24(21)31-16-14-30(2)15-17-31/h4,6,8-12H,3,5,7,13-19H2,1-2H3,(H2,26,28,29). The summed E-state index contributed by atoms with van der Waals surface area (Å²) in [7, 11) is 2.16. The Morgan fingerprint density at radius 1 is 1.06 bits per heavy atom. The number of aromatic nitrogens is 1. The lowest BCUT2D eigenvalue weighted by molar-refractivity contribution is -0.117. The van der Waals surface area contributed by atoms with Crippen molar-refractivity contribution < 1.29 is 4.79 Å². The van der Waals surface area contributed by atoms with Crippen LogP contribution in [0.15, 0.2) is 47.6 Å². The zero-order valence-corrected chi connectivity index (χ0v) is 19.8. The quantitative estimate of drug-likeness (QED) is 0.499. The van der Waals surface area contributed by atoms with Gasteiger partial charge in [-0.3, -0.25) is 4.79 Å². The van der Waals surface area contributed by atoms with E-state index in [0.29, 0.717) is 19.5 Å². The van der Waals surface area contributed by atoms with Crippen molar-refractivity contribution >= 4 is 23.4 Å². The monoisotopic (exact) mass is 449 g/mol. The number of nitrogens with one attached hydrogen (secondary N) is 2. The molecule has 8 nitrogen and oxygen atoms in total. The molecule has 2 aromatic rings. The third kappa shape index (κ3) is 6.01. The van der Waals surface area contributed by atoms with Crippen LogP contribution in [-0.2, 0) is 17.9 Å². The molecule has 3 heterocycles. The first-order valence-electron chi connectivity index (χ1n) is 11.9. The van der Waals surface area contributed by atoms with Crippen LogP contribution in [0.1, 0.15) is 30.9 Å². The topological polar surface area (TPSA) is 76.1 Å². The molecule has 2 aliphatic heterocycles. The van der Waals surface area contributed by atoms with Crippen molar-refractivity contribution in [3.8, 4) is 0 Å². The van der Waals surface area contributed by atoms with Crippen LogP contribution < -0.4 is 20.4 Å². The Hall–Kier alpha value is -3.13. The van der Waals surface area contributed by atoms with E-state index < -0.39 is 0 Å². The molecular formula is C25H35N7O. The molecule has 4 rings (SSSR count). The van der Waals surface area contributed by atoms with Crippen molar-refractivity contribution in [3.63, 3.8) is 0 Å². The van der Waals surface area contributed by atoms with Crippen LogP contribution in [0.25, 0.3) is 0 Å². The number of hydrogen-bond acceptors (Lipinski definition) is 5. The van der Waals surface area contributed by atoms with Gasteiger partial charge in [0.05, 0.1) is 6.54 Å². The van der Waals surface area contributed by atoms with Gasteiger partial charge in [0.15, 0.2) is 5.96 Å². The van der Waals surface area contributed by atoms with Crippen molar-refractivity contribution in [2.24, 2.45) is 4.99 Å². The number of benzene rings is 1. The smallest absolute Gasteiger partial charge is 0.227 e. The SMILES string of the molecule is CCNC(=NCc1ccc(N2CCCC2=O)cc1)NCc1cccnc1N1CCN(C)CC1. The number of aliphatic imine (C=N–C) groups is 1. The molecular weight excluding hydrogens is 414 g/mol. The molecule has 1 aromatic carbocycles. The summed E-state index contributed by atoms with van der Waals surface area (Å²) in [5.74, 6) is 2.05. The highest BCUT2D eigenvalue weighted by atomic mass is 16.2. The molecule has 0 radical (unpaired) electrons. The van der Waals surface area contributed by atoms with Crippen LogP contribution in [0, 0.1) is 0 Å². The molecule has 2 saturated heterocycles. The third-order valence-electron chi connectivity index (χ3n) is 6.20. The fourth-order valence-corrected chi connectivity index (χ4v) is 4.26. The molecule has 1 aromatic heterocycles. The van der Waals surface area contributed by atoms with Gasteiger partial charge >= 0.3 is 0 Å². The van der Waals surface area contributed by atoms with E-state index in [1.807, 2.05) is 29.3 Å². The number of hydrogen-bond donors (Lipinski definition) is 2. The molecule has 0 bridgehead atoms. The maximum absolute atomic E-state index is 12.0. The van der Waals surface area contributed by atoms with Crippen LogP contribution >= 0.6 is 0 Å². The van der Waals surface area contributed by atoms with Gasteiger partial charge in [0.2, 0.25) is 5.91 Å². The second kappa shape index (κ2) is 11.1. The van der Waals surface area contributed by atoms with Crippen LogP contribution in [0.3, 0.4) is 0 Å². The van der Waals surface area contributed by atoms with E-state index in [-0.39, 0.29) is 5.91 Å². The van der Waals surface area contributed by atoms with Crippen LogP contribution in [0.4, 0.5) is 11.5 Å². The first-order chi connectivity index (χ1) is 16.1. The molecule has 0 spiro atoms. The van der Waals surface area contributed by atoms with Crippen molar-refractivity contribution in [1.29, 1.82) is 0 Å². The maximum atomic E-state index is 12.0. The number of amides is 1. The van der Waals surface area contributed by atoms with Gasteiger partial charge in [-0.1, -0.05) is 18.2 Å². The van der Waals surface area contributed by atoms with E-state index in [4.69, 9.17) is 4.99 Å². The predicted molar refractivity (Wildman–Crippen MR) is 134 cm³/mol. The predicted octanol–water partition coefficient (Wildman–Crippen LogP) is 2.22. The molecule has 1 amide bonds. The minimum absolute atomic E-state index is 0.214. The Balaban J connectivity index is 1.38. The minimum atomic E-state index is 0.214. The number of carbonyl (C=O) groups excluding carboxylic acids is 1. The second-order valence-electron chi connectivity index (χ2n) is 8.64. The molecule has 33 heavy (non-hydrogen) atoms. The number of carbonyl (C=O) groups is 1. The number of likely N-dealkylation sites (N-methyl/N-ethyl adjacent to an activating group) is 1. The van der Waals surface area contributed by atoms with Crippen LogP contribution in [0.5, 0.6) is 0 Å². The average molecular weight is 450 g/mol. The van der Waals surface area contributed by atoms with Gasteiger partial charge in [-0.25, -0.2) is 9.98 Å². The molecule has 2 fully saturated rings. The number of anilines is 2. The van der Waals surface area contributed by atoms with E-state index in [0.717, 1.165) is 68.7 Å². The van der Waals surface area contributed by atoms with Crippen LogP contribution in [-0.4, -0.2) is 68.1 Å². The number of nitrogens with zero attached hydrogens (tertiary/aromatic N) is 5. The summed E-state index contributed by atoms with van der Waals surface area (Å²) in [6.07, 6.45) is 3.46. The zero-order valence-electron chi connectivity index (χ0n) is 19.8. The maximum Gasteiger partial charge on any atom is 0.227 e.